The predicted octanol–water partition coefficient (Wildman–Crippen LogP) is 4.51. The van der Waals surface area contributed by atoms with Gasteiger partial charge in [-0.15, -0.1) is 11.3 Å². The summed E-state index contributed by atoms with van der Waals surface area (Å²) in [5, 5.41) is 16.7. The molecule has 2 aliphatic rings. The number of nitro benzene ring substituents is 1. The third kappa shape index (κ3) is 3.84. The van der Waals surface area contributed by atoms with Crippen molar-refractivity contribution in [2.45, 2.75) is 19.3 Å². The maximum atomic E-state index is 12.7. The van der Waals surface area contributed by atoms with Gasteiger partial charge in [-0.05, 0) is 48.7 Å². The van der Waals surface area contributed by atoms with Crippen molar-refractivity contribution in [3.05, 3.63) is 63.0 Å². The first-order chi connectivity index (χ1) is 15.1. The summed E-state index contributed by atoms with van der Waals surface area (Å²) in [6.07, 6.45) is 2.91. The van der Waals surface area contributed by atoms with Gasteiger partial charge in [0.1, 0.15) is 11.4 Å². The van der Waals surface area contributed by atoms with Gasteiger partial charge in [0.05, 0.1) is 17.2 Å². The second kappa shape index (κ2) is 7.99. The molecule has 1 fully saturated rings. The highest BCUT2D eigenvalue weighted by atomic mass is 32.1. The molecule has 8 nitrogen and oxygen atoms in total. The second-order valence-electron chi connectivity index (χ2n) is 7.57. The molecule has 5 rings (SSSR count). The number of ether oxygens (including phenoxy) is 1. The summed E-state index contributed by atoms with van der Waals surface area (Å²) in [7, 11) is 0. The Hall–Kier alpha value is -3.46. The Balaban J connectivity index is 1.34. The van der Waals surface area contributed by atoms with Crippen molar-refractivity contribution in [2.24, 2.45) is 0 Å². The van der Waals surface area contributed by atoms with Crippen LogP contribution in [0.1, 0.15) is 28.8 Å². The summed E-state index contributed by atoms with van der Waals surface area (Å²) in [6.45, 7) is 2.28. The number of fused-ring (bicyclic) bond motifs is 1. The molecule has 0 spiro atoms. The molecule has 2 aliphatic heterocycles. The van der Waals surface area contributed by atoms with Gasteiger partial charge in [-0.3, -0.25) is 20.2 Å². The van der Waals surface area contributed by atoms with Crippen LogP contribution in [-0.4, -0.2) is 35.5 Å². The quantitative estimate of drug-likeness (QED) is 0.467. The highest BCUT2D eigenvalue weighted by molar-refractivity contribution is 7.14. The predicted molar refractivity (Wildman–Crippen MR) is 119 cm³/mol. The number of amides is 1. The summed E-state index contributed by atoms with van der Waals surface area (Å²) >= 11 is 1.32. The number of rotatable bonds is 5. The van der Waals surface area contributed by atoms with E-state index in [-0.39, 0.29) is 11.3 Å². The molecule has 0 atom stereocenters. The smallest absolute Gasteiger partial charge is 0.293 e. The van der Waals surface area contributed by atoms with E-state index < -0.39 is 10.8 Å². The minimum atomic E-state index is -0.427. The molecular weight excluding hydrogens is 416 g/mol. The molecule has 158 valence electrons. The lowest BCUT2D eigenvalue weighted by molar-refractivity contribution is -0.384. The number of carbonyl (C=O) groups excluding carboxylic acids is 1. The Morgan fingerprint density at radius 2 is 2.03 bits per heavy atom. The monoisotopic (exact) mass is 436 g/mol. The normalized spacial score (nSPS) is 14.9. The van der Waals surface area contributed by atoms with Crippen molar-refractivity contribution in [2.75, 3.05) is 29.9 Å². The average molecular weight is 436 g/mol. The zero-order valence-electron chi connectivity index (χ0n) is 16.7. The van der Waals surface area contributed by atoms with Crippen LogP contribution in [0.5, 0.6) is 5.75 Å². The molecule has 0 aliphatic carbocycles. The van der Waals surface area contributed by atoms with E-state index in [2.05, 4.69) is 16.4 Å². The van der Waals surface area contributed by atoms with Crippen LogP contribution in [0.25, 0.3) is 11.3 Å². The minimum Gasteiger partial charge on any atom is -0.493 e. The maximum Gasteiger partial charge on any atom is 0.293 e. The molecule has 2 aromatic carbocycles. The Morgan fingerprint density at radius 3 is 2.84 bits per heavy atom. The highest BCUT2D eigenvalue weighted by Crippen LogP contribution is 2.33. The van der Waals surface area contributed by atoms with E-state index in [1.165, 1.54) is 17.4 Å². The number of nitrogens with one attached hydrogen (secondary N) is 1. The standard InChI is InChI=1S/C22H20N4O4S/c27-21(16-3-5-18(19(12-16)26(28)29)25-8-1-2-9-25)24-22-23-17(13-31-22)14-4-6-20-15(11-14)7-10-30-20/h3-6,11-13H,1-2,7-10H2,(H,23,24,27). The van der Waals surface area contributed by atoms with Gasteiger partial charge in [-0.1, -0.05) is 0 Å². The fourth-order valence-corrected chi connectivity index (χ4v) is 4.73. The van der Waals surface area contributed by atoms with Crippen LogP contribution in [0, 0.1) is 10.1 Å². The van der Waals surface area contributed by atoms with E-state index in [0.29, 0.717) is 17.4 Å². The van der Waals surface area contributed by atoms with Crippen molar-refractivity contribution < 1.29 is 14.5 Å². The van der Waals surface area contributed by atoms with Crippen molar-refractivity contribution in [1.82, 2.24) is 4.98 Å². The largest absolute Gasteiger partial charge is 0.493 e. The van der Waals surface area contributed by atoms with Gasteiger partial charge in [-0.25, -0.2) is 4.98 Å². The molecule has 0 saturated carbocycles. The number of hydrogen-bond acceptors (Lipinski definition) is 7. The fraction of sp³-hybridized carbons (Fsp3) is 0.273. The van der Waals surface area contributed by atoms with Gasteiger partial charge in [0, 0.05) is 42.1 Å². The molecule has 0 radical (unpaired) electrons. The molecule has 1 amide bonds. The van der Waals surface area contributed by atoms with Crippen LogP contribution in [0.15, 0.2) is 41.8 Å². The average Bonchev–Trinajstić information content (AvgIpc) is 3.53. The van der Waals surface area contributed by atoms with E-state index in [1.807, 2.05) is 22.4 Å². The fourth-order valence-electron chi connectivity index (χ4n) is 4.02. The second-order valence-corrected chi connectivity index (χ2v) is 8.43. The van der Waals surface area contributed by atoms with Crippen LogP contribution in [0.3, 0.4) is 0 Å². The zero-order chi connectivity index (χ0) is 21.4. The summed E-state index contributed by atoms with van der Waals surface area (Å²) < 4.78 is 5.54. The SMILES string of the molecule is O=C(Nc1nc(-c2ccc3c(c2)CCO3)cs1)c1ccc(N2CCCC2)c([N+](=O)[O-])c1. The third-order valence-corrected chi connectivity index (χ3v) is 6.35. The highest BCUT2D eigenvalue weighted by Gasteiger charge is 2.24. The number of anilines is 2. The lowest BCUT2D eigenvalue weighted by Crippen LogP contribution is -2.19. The number of aromatic nitrogens is 1. The number of nitrogens with zero attached hydrogens (tertiary/aromatic N) is 3. The number of carbonyl (C=O) groups is 1. The van der Waals surface area contributed by atoms with Crippen LogP contribution in [0.4, 0.5) is 16.5 Å². The van der Waals surface area contributed by atoms with Crippen LogP contribution in [0.2, 0.25) is 0 Å². The lowest BCUT2D eigenvalue weighted by atomic mass is 10.1. The molecular formula is C22H20N4O4S. The van der Waals surface area contributed by atoms with Crippen LogP contribution >= 0.6 is 11.3 Å². The van der Waals surface area contributed by atoms with Gasteiger partial charge in [-0.2, -0.15) is 0 Å². The van der Waals surface area contributed by atoms with Gasteiger partial charge in [0.2, 0.25) is 0 Å². The van der Waals surface area contributed by atoms with Crippen molar-refractivity contribution in [1.29, 1.82) is 0 Å². The molecule has 9 heteroatoms. The Bertz CT molecular complexity index is 1170. The Kier molecular flexibility index (Phi) is 5.03. The maximum absolute atomic E-state index is 12.7. The number of nitro groups is 1. The summed E-state index contributed by atoms with van der Waals surface area (Å²) in [5.41, 5.74) is 3.64. The first-order valence-corrected chi connectivity index (χ1v) is 11.0. The number of thiazole rings is 1. The Morgan fingerprint density at radius 1 is 1.19 bits per heavy atom. The molecule has 3 heterocycles. The van der Waals surface area contributed by atoms with Gasteiger partial charge < -0.3 is 9.64 Å². The molecule has 3 aromatic rings. The van der Waals surface area contributed by atoms with E-state index in [0.717, 1.165) is 54.9 Å². The zero-order valence-corrected chi connectivity index (χ0v) is 17.5. The lowest BCUT2D eigenvalue weighted by Gasteiger charge is -2.17. The molecule has 31 heavy (non-hydrogen) atoms. The van der Waals surface area contributed by atoms with Gasteiger partial charge in [0.25, 0.3) is 11.6 Å². The summed E-state index contributed by atoms with van der Waals surface area (Å²) in [5.74, 6) is 0.491. The van der Waals surface area contributed by atoms with E-state index in [4.69, 9.17) is 4.74 Å². The van der Waals surface area contributed by atoms with Crippen molar-refractivity contribution >= 4 is 33.8 Å². The van der Waals surface area contributed by atoms with E-state index in [9.17, 15) is 14.9 Å². The van der Waals surface area contributed by atoms with Gasteiger partial charge in [0.15, 0.2) is 5.13 Å². The van der Waals surface area contributed by atoms with Crippen molar-refractivity contribution in [3.63, 3.8) is 0 Å². The third-order valence-electron chi connectivity index (χ3n) is 5.59. The molecule has 1 aromatic heterocycles. The van der Waals surface area contributed by atoms with E-state index >= 15 is 0 Å². The van der Waals surface area contributed by atoms with Crippen LogP contribution < -0.4 is 15.0 Å². The molecule has 1 saturated heterocycles. The topological polar surface area (TPSA) is 97.6 Å². The number of hydrogen-bond donors (Lipinski definition) is 1. The summed E-state index contributed by atoms with van der Waals surface area (Å²) in [6, 6.07) is 10.6. The number of benzene rings is 2. The summed E-state index contributed by atoms with van der Waals surface area (Å²) in [4.78, 5) is 30.4. The molecule has 1 N–H and O–H groups in total. The van der Waals surface area contributed by atoms with Crippen LogP contribution in [-0.2, 0) is 6.42 Å². The Labute approximate surface area is 182 Å². The minimum absolute atomic E-state index is 0.0465. The first-order valence-electron chi connectivity index (χ1n) is 10.1. The van der Waals surface area contributed by atoms with Gasteiger partial charge >= 0.3 is 0 Å². The first kappa shape index (κ1) is 19.5. The van der Waals surface area contributed by atoms with E-state index in [1.54, 1.807) is 12.1 Å². The molecule has 0 bridgehead atoms. The van der Waals surface area contributed by atoms with Crippen molar-refractivity contribution in [3.8, 4) is 17.0 Å². The molecule has 0 unspecified atom stereocenters.